The second kappa shape index (κ2) is 15.6. The molecule has 2 aromatic carbocycles. The highest BCUT2D eigenvalue weighted by Crippen LogP contribution is 2.27. The molecule has 1 aliphatic carbocycles. The number of rotatable bonds is 14. The predicted molar refractivity (Wildman–Crippen MR) is 162 cm³/mol. The zero-order chi connectivity index (χ0) is 29.0. The fourth-order valence-corrected chi connectivity index (χ4v) is 6.24. The smallest absolute Gasteiger partial charge is 0.319 e. The summed E-state index contributed by atoms with van der Waals surface area (Å²) in [4.78, 5) is 26.3. The lowest BCUT2D eigenvalue weighted by Crippen LogP contribution is -2.49. The van der Waals surface area contributed by atoms with Gasteiger partial charge in [0.05, 0.1) is 4.90 Å². The average molecular weight is 571 g/mol. The van der Waals surface area contributed by atoms with E-state index >= 15 is 0 Å². The summed E-state index contributed by atoms with van der Waals surface area (Å²) in [7, 11) is -3.72. The van der Waals surface area contributed by atoms with Gasteiger partial charge < -0.3 is 16.0 Å². The van der Waals surface area contributed by atoms with E-state index in [1.54, 1.807) is 48.5 Å². The summed E-state index contributed by atoms with van der Waals surface area (Å²) in [6, 6.07) is 12.0. The molecule has 9 heteroatoms. The van der Waals surface area contributed by atoms with Crippen molar-refractivity contribution in [3.63, 3.8) is 0 Å². The summed E-state index contributed by atoms with van der Waals surface area (Å²) in [6.45, 7) is 6.84. The number of hydrogen-bond acceptors (Lipinski definition) is 4. The van der Waals surface area contributed by atoms with Crippen molar-refractivity contribution in [3.05, 3.63) is 54.1 Å². The molecule has 1 fully saturated rings. The summed E-state index contributed by atoms with van der Waals surface area (Å²) in [5.74, 6) is 0.735. The Morgan fingerprint density at radius 1 is 0.925 bits per heavy atom. The number of hydrogen-bond donors (Lipinski definition) is 4. The monoisotopic (exact) mass is 570 g/mol. The Balaban J connectivity index is 1.59. The van der Waals surface area contributed by atoms with Crippen molar-refractivity contribution < 1.29 is 18.0 Å². The molecule has 0 spiro atoms. The van der Waals surface area contributed by atoms with Crippen LogP contribution in [0.5, 0.6) is 0 Å². The number of amides is 3. The maximum atomic E-state index is 13.2. The van der Waals surface area contributed by atoms with Crippen LogP contribution >= 0.6 is 0 Å². The van der Waals surface area contributed by atoms with E-state index in [0.29, 0.717) is 36.2 Å². The van der Waals surface area contributed by atoms with Crippen molar-refractivity contribution in [2.75, 3.05) is 16.6 Å². The minimum atomic E-state index is -3.72. The van der Waals surface area contributed by atoms with Gasteiger partial charge in [0, 0.05) is 17.9 Å². The molecule has 0 radical (unpaired) electrons. The molecule has 3 amide bonds. The van der Waals surface area contributed by atoms with Crippen LogP contribution in [-0.4, -0.2) is 32.9 Å². The molecule has 1 unspecified atom stereocenters. The van der Waals surface area contributed by atoms with Crippen molar-refractivity contribution >= 4 is 33.3 Å². The molecule has 8 nitrogen and oxygen atoms in total. The van der Waals surface area contributed by atoms with Gasteiger partial charge in [0.15, 0.2) is 0 Å². The lowest BCUT2D eigenvalue weighted by molar-refractivity contribution is -0.123. The van der Waals surface area contributed by atoms with Crippen molar-refractivity contribution in [2.24, 2.45) is 11.8 Å². The zero-order valence-electron chi connectivity index (χ0n) is 24.2. The van der Waals surface area contributed by atoms with Gasteiger partial charge in [0.1, 0.15) is 6.04 Å². The quantitative estimate of drug-likeness (QED) is 0.205. The van der Waals surface area contributed by atoms with Gasteiger partial charge in [-0.3, -0.25) is 9.52 Å². The summed E-state index contributed by atoms with van der Waals surface area (Å²) in [6.07, 6.45) is 10.7. The van der Waals surface area contributed by atoms with Crippen molar-refractivity contribution in [3.8, 4) is 0 Å². The number of urea groups is 1. The normalized spacial score (nSPS) is 15.6. The van der Waals surface area contributed by atoms with Gasteiger partial charge >= 0.3 is 6.03 Å². The second-order valence-corrected chi connectivity index (χ2v) is 12.7. The first-order chi connectivity index (χ1) is 19.2. The van der Waals surface area contributed by atoms with E-state index in [-0.39, 0.29) is 10.8 Å². The molecule has 4 N–H and O–H groups in total. The molecule has 0 aromatic heterocycles. The minimum Gasteiger partial charge on any atom is -0.354 e. The minimum absolute atomic E-state index is 0.128. The number of anilines is 2. The van der Waals surface area contributed by atoms with E-state index in [1.807, 2.05) is 6.92 Å². The van der Waals surface area contributed by atoms with Crippen molar-refractivity contribution in [1.29, 1.82) is 0 Å². The van der Waals surface area contributed by atoms with E-state index in [9.17, 15) is 18.0 Å². The van der Waals surface area contributed by atoms with Gasteiger partial charge in [-0.1, -0.05) is 82.9 Å². The van der Waals surface area contributed by atoms with E-state index in [1.165, 1.54) is 19.3 Å². The molecule has 1 saturated carbocycles. The van der Waals surface area contributed by atoms with E-state index in [4.69, 9.17) is 0 Å². The SMILES string of the molecule is CCCCC(CC)CNC(=O)[C@@H](CC1CCCCC1)NC(=O)Nc1ccc(NS(=O)(=O)c2ccc(C)cc2)cc1. The van der Waals surface area contributed by atoms with Crippen LogP contribution in [0.15, 0.2) is 53.4 Å². The maximum absolute atomic E-state index is 13.2. The first-order valence-electron chi connectivity index (χ1n) is 14.7. The molecule has 0 bridgehead atoms. The highest BCUT2D eigenvalue weighted by atomic mass is 32.2. The Labute approximate surface area is 240 Å². The van der Waals surface area contributed by atoms with Gasteiger partial charge in [-0.15, -0.1) is 0 Å². The molecule has 2 atom stereocenters. The molecule has 0 heterocycles. The summed E-state index contributed by atoms with van der Waals surface area (Å²) >= 11 is 0. The van der Waals surface area contributed by atoms with Crippen molar-refractivity contribution in [1.82, 2.24) is 10.6 Å². The molecule has 1 aliphatic rings. The molecule has 3 rings (SSSR count). The number of carbonyl (C=O) groups excluding carboxylic acids is 2. The fraction of sp³-hybridized carbons (Fsp3) is 0.548. The lowest BCUT2D eigenvalue weighted by Gasteiger charge is -2.27. The van der Waals surface area contributed by atoms with E-state index < -0.39 is 22.1 Å². The number of carbonyl (C=O) groups is 2. The predicted octanol–water partition coefficient (Wildman–Crippen LogP) is 6.59. The third-order valence-electron chi connectivity index (χ3n) is 7.75. The Morgan fingerprint density at radius 3 is 2.20 bits per heavy atom. The largest absolute Gasteiger partial charge is 0.354 e. The Hall–Kier alpha value is -3.07. The van der Waals surface area contributed by atoms with Gasteiger partial charge in [-0.05, 0) is 68.0 Å². The number of sulfonamides is 1. The van der Waals surface area contributed by atoms with Crippen LogP contribution in [0.2, 0.25) is 0 Å². The van der Waals surface area contributed by atoms with E-state index in [2.05, 4.69) is 34.5 Å². The highest BCUT2D eigenvalue weighted by Gasteiger charge is 2.26. The molecule has 2 aromatic rings. The average Bonchev–Trinajstić information content (AvgIpc) is 2.94. The van der Waals surface area contributed by atoms with Crippen LogP contribution in [0, 0.1) is 18.8 Å². The standard InChI is InChI=1S/C31H46N4O4S/c1-4-6-10-24(5-2)22-32-30(36)29(21-25-11-8-7-9-12-25)34-31(37)33-26-15-17-27(18-16-26)35-40(38,39)28-19-13-23(3)14-20-28/h13-20,24-25,29,35H,4-12,21-22H2,1-3H3,(H,32,36)(H2,33,34,37)/t24?,29-/m1/s1. The number of unbranched alkanes of at least 4 members (excludes halogenated alkanes) is 1. The fourth-order valence-electron chi connectivity index (χ4n) is 5.18. The summed E-state index contributed by atoms with van der Waals surface area (Å²) < 4.78 is 27.9. The maximum Gasteiger partial charge on any atom is 0.319 e. The summed E-state index contributed by atoms with van der Waals surface area (Å²) in [5.41, 5.74) is 1.86. The first-order valence-corrected chi connectivity index (χ1v) is 16.2. The molecule has 220 valence electrons. The zero-order valence-corrected chi connectivity index (χ0v) is 25.0. The third-order valence-corrected chi connectivity index (χ3v) is 9.15. The lowest BCUT2D eigenvalue weighted by atomic mass is 9.84. The highest BCUT2D eigenvalue weighted by molar-refractivity contribution is 7.92. The van der Waals surface area contributed by atoms with Crippen LogP contribution in [0.3, 0.4) is 0 Å². The summed E-state index contributed by atoms with van der Waals surface area (Å²) in [5, 5.41) is 8.79. The van der Waals surface area contributed by atoms with Crippen LogP contribution in [-0.2, 0) is 14.8 Å². The Kier molecular flexibility index (Phi) is 12.3. The van der Waals surface area contributed by atoms with Crippen molar-refractivity contribution in [2.45, 2.75) is 95.9 Å². The number of nitrogens with one attached hydrogen (secondary N) is 4. The Morgan fingerprint density at radius 2 is 1.57 bits per heavy atom. The molecule has 40 heavy (non-hydrogen) atoms. The molecule has 0 aliphatic heterocycles. The van der Waals surface area contributed by atoms with E-state index in [0.717, 1.165) is 44.1 Å². The Bertz CT molecular complexity index is 1180. The van der Waals surface area contributed by atoms with Crippen LogP contribution in [0.4, 0.5) is 16.2 Å². The number of aryl methyl sites for hydroxylation is 1. The van der Waals surface area contributed by atoms with Crippen LogP contribution in [0.25, 0.3) is 0 Å². The van der Waals surface area contributed by atoms with Crippen LogP contribution in [0.1, 0.15) is 83.6 Å². The van der Waals surface area contributed by atoms with Crippen LogP contribution < -0.4 is 20.7 Å². The van der Waals surface area contributed by atoms with Gasteiger partial charge in [-0.2, -0.15) is 0 Å². The first kappa shape index (κ1) is 31.5. The molecular formula is C31H46N4O4S. The van der Waals surface area contributed by atoms with Gasteiger partial charge in [0.2, 0.25) is 5.91 Å². The third kappa shape index (κ3) is 10.2. The number of benzene rings is 2. The topological polar surface area (TPSA) is 116 Å². The molecular weight excluding hydrogens is 524 g/mol. The molecule has 0 saturated heterocycles. The second-order valence-electron chi connectivity index (χ2n) is 11.0. The van der Waals surface area contributed by atoms with Gasteiger partial charge in [-0.25, -0.2) is 13.2 Å². The van der Waals surface area contributed by atoms with Gasteiger partial charge in [0.25, 0.3) is 10.0 Å².